The molecule has 0 unspecified atom stereocenters. The first-order valence-corrected chi connectivity index (χ1v) is 4.68. The van der Waals surface area contributed by atoms with Gasteiger partial charge in [-0.2, -0.15) is 5.10 Å². The molecule has 0 bridgehead atoms. The number of unbranched alkanes of at least 4 members (excludes halogenated alkanes) is 1. The topological polar surface area (TPSA) is 34.9 Å². The second kappa shape index (κ2) is 4.80. The number of carbonyl (C=O) groups excluding carboxylic acids is 1. The Labute approximate surface area is 78.8 Å². The van der Waals surface area contributed by atoms with Crippen molar-refractivity contribution in [3.8, 4) is 0 Å². The summed E-state index contributed by atoms with van der Waals surface area (Å²) >= 11 is 0. The van der Waals surface area contributed by atoms with Crippen molar-refractivity contribution in [2.45, 2.75) is 39.7 Å². The lowest BCUT2D eigenvalue weighted by molar-refractivity contribution is -0.117. The number of aryl methyl sites for hydroxylation is 2. The van der Waals surface area contributed by atoms with Gasteiger partial charge in [0.05, 0.1) is 5.69 Å². The highest BCUT2D eigenvalue weighted by Gasteiger charge is 1.96. The van der Waals surface area contributed by atoms with Crippen molar-refractivity contribution in [3.05, 3.63) is 18.0 Å². The van der Waals surface area contributed by atoms with Gasteiger partial charge in [0.1, 0.15) is 5.78 Å². The lowest BCUT2D eigenvalue weighted by Gasteiger charge is -1.99. The molecule has 1 rings (SSSR count). The molecule has 3 heteroatoms. The average Bonchev–Trinajstić information content (AvgIpc) is 2.45. The van der Waals surface area contributed by atoms with E-state index < -0.39 is 0 Å². The Morgan fingerprint density at radius 1 is 1.54 bits per heavy atom. The van der Waals surface area contributed by atoms with Crippen molar-refractivity contribution < 1.29 is 4.79 Å². The van der Waals surface area contributed by atoms with E-state index in [1.54, 1.807) is 6.92 Å². The normalized spacial score (nSPS) is 10.3. The predicted octanol–water partition coefficient (Wildman–Crippen LogP) is 1.95. The van der Waals surface area contributed by atoms with Crippen LogP contribution in [0, 0.1) is 6.92 Å². The third kappa shape index (κ3) is 3.87. The number of hydrogen-bond donors (Lipinski definition) is 0. The van der Waals surface area contributed by atoms with Gasteiger partial charge in [0.2, 0.25) is 0 Å². The molecule has 1 aromatic rings. The maximum Gasteiger partial charge on any atom is 0.129 e. The number of rotatable bonds is 5. The number of hydrogen-bond acceptors (Lipinski definition) is 2. The molecule has 3 nitrogen and oxygen atoms in total. The van der Waals surface area contributed by atoms with Crippen molar-refractivity contribution in [1.29, 1.82) is 0 Å². The summed E-state index contributed by atoms with van der Waals surface area (Å²) in [5.41, 5.74) is 1.05. The van der Waals surface area contributed by atoms with Gasteiger partial charge in [-0.25, -0.2) is 0 Å². The summed E-state index contributed by atoms with van der Waals surface area (Å²) in [6.07, 6.45) is 4.66. The second-order valence-corrected chi connectivity index (χ2v) is 3.38. The van der Waals surface area contributed by atoms with Crippen molar-refractivity contribution in [2.75, 3.05) is 0 Å². The number of Topliss-reactive ketones (excluding diaryl/α,β-unsaturated/α-hetero) is 1. The molecule has 0 amide bonds. The molecule has 0 N–H and O–H groups in total. The van der Waals surface area contributed by atoms with Gasteiger partial charge >= 0.3 is 0 Å². The van der Waals surface area contributed by atoms with Gasteiger partial charge in [0, 0.05) is 19.2 Å². The first-order chi connectivity index (χ1) is 6.18. The minimum absolute atomic E-state index is 0.275. The summed E-state index contributed by atoms with van der Waals surface area (Å²) in [6, 6.07) is 1.99. The third-order valence-electron chi connectivity index (χ3n) is 1.94. The lowest BCUT2D eigenvalue weighted by Crippen LogP contribution is -2.00. The number of aromatic nitrogens is 2. The van der Waals surface area contributed by atoms with E-state index >= 15 is 0 Å². The van der Waals surface area contributed by atoms with Crippen LogP contribution in [0.5, 0.6) is 0 Å². The fourth-order valence-electron chi connectivity index (χ4n) is 1.24. The highest BCUT2D eigenvalue weighted by atomic mass is 16.1. The molecule has 0 aromatic carbocycles. The van der Waals surface area contributed by atoms with E-state index in [-0.39, 0.29) is 5.78 Å². The Morgan fingerprint density at radius 3 is 2.85 bits per heavy atom. The Balaban J connectivity index is 2.16. The molecule has 0 radical (unpaired) electrons. The van der Waals surface area contributed by atoms with Gasteiger partial charge in [0.25, 0.3) is 0 Å². The molecule has 0 aliphatic rings. The molecular weight excluding hydrogens is 164 g/mol. The van der Waals surface area contributed by atoms with Crippen LogP contribution in [0.25, 0.3) is 0 Å². The van der Waals surface area contributed by atoms with E-state index in [4.69, 9.17) is 0 Å². The van der Waals surface area contributed by atoms with Crippen molar-refractivity contribution in [2.24, 2.45) is 0 Å². The van der Waals surface area contributed by atoms with Crippen molar-refractivity contribution in [1.82, 2.24) is 9.78 Å². The smallest absolute Gasteiger partial charge is 0.129 e. The predicted molar refractivity (Wildman–Crippen MR) is 51.5 cm³/mol. The molecule has 1 heterocycles. The minimum atomic E-state index is 0.275. The van der Waals surface area contributed by atoms with Crippen LogP contribution in [0.2, 0.25) is 0 Å². The van der Waals surface area contributed by atoms with E-state index in [9.17, 15) is 4.79 Å². The number of carbonyl (C=O) groups is 1. The molecule has 0 saturated carbocycles. The number of nitrogens with zero attached hydrogens (tertiary/aromatic N) is 2. The summed E-state index contributed by atoms with van der Waals surface area (Å²) in [5.74, 6) is 0.275. The monoisotopic (exact) mass is 180 g/mol. The average molecular weight is 180 g/mol. The van der Waals surface area contributed by atoms with E-state index in [2.05, 4.69) is 5.10 Å². The van der Waals surface area contributed by atoms with Gasteiger partial charge < -0.3 is 4.79 Å². The van der Waals surface area contributed by atoms with Crippen LogP contribution in [-0.2, 0) is 11.3 Å². The van der Waals surface area contributed by atoms with Crippen molar-refractivity contribution in [3.63, 3.8) is 0 Å². The van der Waals surface area contributed by atoms with Gasteiger partial charge in [-0.15, -0.1) is 0 Å². The standard InChI is InChI=1S/C10H16N2O/c1-9-6-8-12(11-9)7-4-3-5-10(2)13/h6,8H,3-5,7H2,1-2H3. The van der Waals surface area contributed by atoms with Gasteiger partial charge in [-0.3, -0.25) is 4.68 Å². The van der Waals surface area contributed by atoms with Crippen LogP contribution in [-0.4, -0.2) is 15.6 Å². The first kappa shape index (κ1) is 9.96. The summed E-state index contributed by atoms with van der Waals surface area (Å²) < 4.78 is 1.93. The summed E-state index contributed by atoms with van der Waals surface area (Å²) in [5, 5.41) is 4.26. The largest absolute Gasteiger partial charge is 0.300 e. The molecule has 72 valence electrons. The maximum atomic E-state index is 10.6. The Morgan fingerprint density at radius 2 is 2.31 bits per heavy atom. The van der Waals surface area contributed by atoms with Gasteiger partial charge in [-0.1, -0.05) is 0 Å². The SMILES string of the molecule is CC(=O)CCCCn1ccc(C)n1. The summed E-state index contributed by atoms with van der Waals surface area (Å²) in [7, 11) is 0. The molecule has 13 heavy (non-hydrogen) atoms. The minimum Gasteiger partial charge on any atom is -0.300 e. The zero-order valence-electron chi connectivity index (χ0n) is 8.29. The lowest BCUT2D eigenvalue weighted by atomic mass is 10.2. The van der Waals surface area contributed by atoms with E-state index in [1.165, 1.54) is 0 Å². The highest BCUT2D eigenvalue weighted by molar-refractivity contribution is 5.75. The Hall–Kier alpha value is -1.12. The van der Waals surface area contributed by atoms with Crippen molar-refractivity contribution >= 4 is 5.78 Å². The van der Waals surface area contributed by atoms with Gasteiger partial charge in [0.15, 0.2) is 0 Å². The van der Waals surface area contributed by atoms with Crippen LogP contribution >= 0.6 is 0 Å². The van der Waals surface area contributed by atoms with Crippen LogP contribution in [0.4, 0.5) is 0 Å². The fraction of sp³-hybridized carbons (Fsp3) is 0.600. The molecule has 0 aliphatic heterocycles. The first-order valence-electron chi connectivity index (χ1n) is 4.68. The Kier molecular flexibility index (Phi) is 3.68. The van der Waals surface area contributed by atoms with Crippen LogP contribution in [0.15, 0.2) is 12.3 Å². The van der Waals surface area contributed by atoms with Crippen LogP contribution in [0.3, 0.4) is 0 Å². The quantitative estimate of drug-likeness (QED) is 0.649. The van der Waals surface area contributed by atoms with E-state index in [0.29, 0.717) is 6.42 Å². The van der Waals surface area contributed by atoms with Crippen LogP contribution in [0.1, 0.15) is 31.9 Å². The molecule has 0 saturated heterocycles. The molecular formula is C10H16N2O. The third-order valence-corrected chi connectivity index (χ3v) is 1.94. The van der Waals surface area contributed by atoms with E-state index in [1.807, 2.05) is 23.9 Å². The highest BCUT2D eigenvalue weighted by Crippen LogP contribution is 2.00. The zero-order chi connectivity index (χ0) is 9.68. The fourth-order valence-corrected chi connectivity index (χ4v) is 1.24. The van der Waals surface area contributed by atoms with Crippen LogP contribution < -0.4 is 0 Å². The molecule has 0 spiro atoms. The molecule has 0 fully saturated rings. The number of ketones is 1. The zero-order valence-corrected chi connectivity index (χ0v) is 8.29. The maximum absolute atomic E-state index is 10.6. The molecule has 0 aliphatic carbocycles. The van der Waals surface area contributed by atoms with Gasteiger partial charge in [-0.05, 0) is 32.8 Å². The Bertz CT molecular complexity index is 278. The van der Waals surface area contributed by atoms with E-state index in [0.717, 1.165) is 25.1 Å². The second-order valence-electron chi connectivity index (χ2n) is 3.38. The summed E-state index contributed by atoms with van der Waals surface area (Å²) in [4.78, 5) is 10.6. The molecule has 0 atom stereocenters. The summed E-state index contributed by atoms with van der Waals surface area (Å²) in [6.45, 7) is 4.53. The molecule has 1 aromatic heterocycles.